The van der Waals surface area contributed by atoms with Gasteiger partial charge in [-0.2, -0.15) is 11.8 Å². The van der Waals surface area contributed by atoms with E-state index in [1.54, 1.807) is 0 Å². The van der Waals surface area contributed by atoms with Crippen LogP contribution in [0.5, 0.6) is 0 Å². The van der Waals surface area contributed by atoms with Crippen molar-refractivity contribution in [1.29, 1.82) is 0 Å². The molecule has 1 rings (SSSR count). The number of thioether (sulfide) groups is 1. The molecular formula is C10H19N2S+. The molecule has 0 unspecified atom stereocenters. The molecule has 0 atom stereocenters. The monoisotopic (exact) mass is 199 g/mol. The molecule has 13 heavy (non-hydrogen) atoms. The van der Waals surface area contributed by atoms with Crippen molar-refractivity contribution in [2.75, 3.05) is 12.0 Å². The highest BCUT2D eigenvalue weighted by Crippen LogP contribution is 1.97. The summed E-state index contributed by atoms with van der Waals surface area (Å²) < 4.78 is 2.33. The lowest BCUT2D eigenvalue weighted by atomic mass is 10.3. The number of hydrogen-bond acceptors (Lipinski definition) is 1. The second-order valence-corrected chi connectivity index (χ2v) is 4.18. The zero-order chi connectivity index (χ0) is 9.52. The highest BCUT2D eigenvalue weighted by Gasteiger charge is 2.07. The first-order valence-electron chi connectivity index (χ1n) is 4.93. The number of H-pyrrole nitrogens is 1. The number of nitrogens with zero attached hydrogens (tertiary/aromatic N) is 1. The van der Waals surface area contributed by atoms with Crippen LogP contribution in [-0.4, -0.2) is 17.0 Å². The molecule has 1 aromatic rings. The van der Waals surface area contributed by atoms with E-state index in [9.17, 15) is 0 Å². The van der Waals surface area contributed by atoms with Crippen molar-refractivity contribution in [3.05, 3.63) is 18.2 Å². The van der Waals surface area contributed by atoms with Crippen LogP contribution in [0.2, 0.25) is 0 Å². The van der Waals surface area contributed by atoms with Gasteiger partial charge in [0.2, 0.25) is 0 Å². The molecule has 0 radical (unpaired) electrons. The fourth-order valence-corrected chi connectivity index (χ4v) is 1.86. The van der Waals surface area contributed by atoms with E-state index in [1.807, 2.05) is 18.0 Å². The van der Waals surface area contributed by atoms with Gasteiger partial charge in [-0.15, -0.1) is 0 Å². The largest absolute Gasteiger partial charge is 0.254 e. The lowest BCUT2D eigenvalue weighted by Gasteiger charge is -1.98. The summed E-state index contributed by atoms with van der Waals surface area (Å²) >= 11 is 1.92. The number of aryl methyl sites for hydroxylation is 2. The average Bonchev–Trinajstić information content (AvgIpc) is 2.54. The number of aromatic nitrogens is 2. The van der Waals surface area contributed by atoms with Crippen molar-refractivity contribution in [3.63, 3.8) is 0 Å². The summed E-state index contributed by atoms with van der Waals surface area (Å²) in [5.41, 5.74) is 0. The van der Waals surface area contributed by atoms with E-state index in [0.717, 1.165) is 13.0 Å². The zero-order valence-electron chi connectivity index (χ0n) is 8.55. The third-order valence-electron chi connectivity index (χ3n) is 2.09. The van der Waals surface area contributed by atoms with Crippen molar-refractivity contribution in [2.24, 2.45) is 0 Å². The summed E-state index contributed by atoms with van der Waals surface area (Å²) in [6.45, 7) is 3.37. The summed E-state index contributed by atoms with van der Waals surface area (Å²) in [4.78, 5) is 3.29. The lowest BCUT2D eigenvalue weighted by molar-refractivity contribution is -0.702. The van der Waals surface area contributed by atoms with Gasteiger partial charge in [0.25, 0.3) is 5.82 Å². The number of imidazole rings is 1. The van der Waals surface area contributed by atoms with Crippen molar-refractivity contribution in [1.82, 2.24) is 4.98 Å². The van der Waals surface area contributed by atoms with Crippen LogP contribution in [0.25, 0.3) is 0 Å². The van der Waals surface area contributed by atoms with Crippen LogP contribution in [0.3, 0.4) is 0 Å². The number of rotatable bonds is 6. The van der Waals surface area contributed by atoms with Gasteiger partial charge in [0.15, 0.2) is 0 Å². The normalized spacial score (nSPS) is 10.6. The molecule has 0 aliphatic carbocycles. The van der Waals surface area contributed by atoms with Crippen LogP contribution in [0.4, 0.5) is 0 Å². The van der Waals surface area contributed by atoms with Crippen molar-refractivity contribution in [3.8, 4) is 0 Å². The third kappa shape index (κ3) is 3.43. The summed E-state index contributed by atoms with van der Waals surface area (Å²) in [6.07, 6.45) is 9.97. The first-order chi connectivity index (χ1) is 6.38. The maximum atomic E-state index is 3.29. The Bertz CT molecular complexity index is 233. The molecule has 1 N–H and O–H groups in total. The second kappa shape index (κ2) is 6.08. The number of hydrogen-bond donors (Lipinski definition) is 1. The summed E-state index contributed by atoms with van der Waals surface area (Å²) in [5, 5.41) is 0. The molecule has 0 aliphatic heterocycles. The standard InChI is InChI=1S/C10H18N2S/c1-3-5-10-11-6-8-12(10)7-4-9-13-2/h6,8H,3-5,7,9H2,1-2H3/p+1. The summed E-state index contributed by atoms with van der Waals surface area (Å²) in [6, 6.07) is 0. The van der Waals surface area contributed by atoms with Gasteiger partial charge in [-0.05, 0) is 24.9 Å². The van der Waals surface area contributed by atoms with Gasteiger partial charge in [-0.1, -0.05) is 6.92 Å². The smallest absolute Gasteiger partial charge is 0.248 e. The topological polar surface area (TPSA) is 19.7 Å². The summed E-state index contributed by atoms with van der Waals surface area (Å²) in [7, 11) is 0. The number of aromatic amines is 1. The molecule has 0 aromatic carbocycles. The van der Waals surface area contributed by atoms with E-state index in [-0.39, 0.29) is 0 Å². The minimum absolute atomic E-state index is 1.15. The molecule has 1 heterocycles. The fourth-order valence-electron chi connectivity index (χ4n) is 1.44. The average molecular weight is 199 g/mol. The Hall–Kier alpha value is -0.440. The Labute approximate surface area is 84.7 Å². The first kappa shape index (κ1) is 10.6. The van der Waals surface area contributed by atoms with Gasteiger partial charge in [-0.25, -0.2) is 9.55 Å². The Morgan fingerprint density at radius 3 is 3.08 bits per heavy atom. The van der Waals surface area contributed by atoms with Crippen LogP contribution in [-0.2, 0) is 13.0 Å². The van der Waals surface area contributed by atoms with Crippen LogP contribution >= 0.6 is 11.8 Å². The zero-order valence-corrected chi connectivity index (χ0v) is 9.36. The molecule has 0 saturated carbocycles. The molecule has 0 amide bonds. The van der Waals surface area contributed by atoms with Crippen LogP contribution in [0, 0.1) is 0 Å². The SMILES string of the molecule is CCCc1[nH]cc[n+]1CCCSC. The predicted octanol–water partition coefficient (Wildman–Crippen LogP) is 2.01. The second-order valence-electron chi connectivity index (χ2n) is 3.20. The maximum Gasteiger partial charge on any atom is 0.254 e. The predicted molar refractivity (Wildman–Crippen MR) is 58.0 cm³/mol. The van der Waals surface area contributed by atoms with Crippen LogP contribution in [0.15, 0.2) is 12.4 Å². The molecule has 0 fully saturated rings. The summed E-state index contributed by atoms with van der Waals surface area (Å²) in [5.74, 6) is 2.62. The molecule has 0 spiro atoms. The van der Waals surface area contributed by atoms with Gasteiger partial charge >= 0.3 is 0 Å². The molecule has 0 saturated heterocycles. The molecular weight excluding hydrogens is 180 g/mol. The van der Waals surface area contributed by atoms with E-state index < -0.39 is 0 Å². The van der Waals surface area contributed by atoms with Gasteiger partial charge in [0.1, 0.15) is 12.4 Å². The van der Waals surface area contributed by atoms with Crippen molar-refractivity contribution < 1.29 is 4.57 Å². The molecule has 0 bridgehead atoms. The minimum atomic E-state index is 1.15. The molecule has 74 valence electrons. The van der Waals surface area contributed by atoms with Crippen LogP contribution < -0.4 is 4.57 Å². The van der Waals surface area contributed by atoms with Crippen molar-refractivity contribution >= 4 is 11.8 Å². The Morgan fingerprint density at radius 1 is 1.54 bits per heavy atom. The van der Waals surface area contributed by atoms with Gasteiger partial charge in [0.05, 0.1) is 6.54 Å². The first-order valence-corrected chi connectivity index (χ1v) is 6.32. The van der Waals surface area contributed by atoms with E-state index in [2.05, 4.69) is 28.9 Å². The Balaban J connectivity index is 2.40. The van der Waals surface area contributed by atoms with E-state index >= 15 is 0 Å². The Kier molecular flexibility index (Phi) is 4.98. The highest BCUT2D eigenvalue weighted by molar-refractivity contribution is 7.98. The minimum Gasteiger partial charge on any atom is -0.248 e. The number of nitrogens with one attached hydrogen (secondary N) is 1. The van der Waals surface area contributed by atoms with Crippen LogP contribution in [0.1, 0.15) is 25.6 Å². The molecule has 0 aliphatic rings. The van der Waals surface area contributed by atoms with Gasteiger partial charge in [0, 0.05) is 6.42 Å². The van der Waals surface area contributed by atoms with Gasteiger partial charge < -0.3 is 0 Å². The molecule has 2 nitrogen and oxygen atoms in total. The van der Waals surface area contributed by atoms with E-state index in [0.29, 0.717) is 0 Å². The molecule has 3 heteroatoms. The lowest BCUT2D eigenvalue weighted by Crippen LogP contribution is -2.36. The quantitative estimate of drug-likeness (QED) is 0.549. The molecule has 1 aromatic heterocycles. The van der Waals surface area contributed by atoms with E-state index in [4.69, 9.17) is 0 Å². The fraction of sp³-hybridized carbons (Fsp3) is 0.700. The van der Waals surface area contributed by atoms with Gasteiger partial charge in [-0.3, -0.25) is 0 Å². The highest BCUT2D eigenvalue weighted by atomic mass is 32.2. The third-order valence-corrected chi connectivity index (χ3v) is 2.78. The maximum absolute atomic E-state index is 3.29. The van der Waals surface area contributed by atoms with E-state index in [1.165, 1.54) is 24.4 Å². The Morgan fingerprint density at radius 2 is 2.38 bits per heavy atom. The van der Waals surface area contributed by atoms with Crippen molar-refractivity contribution in [2.45, 2.75) is 32.7 Å².